The van der Waals surface area contributed by atoms with E-state index in [1.165, 1.54) is 0 Å². The Morgan fingerprint density at radius 1 is 1.39 bits per heavy atom. The normalized spacial score (nSPS) is 17.9. The standard InChI is InChI=1S/C13H19FN2O.ClH/c1-17-12-4-2-3-11(9-12)13(10-14)16-7-5-15-6-8-16;/h2-4,9,13,15H,5-8,10H2,1H3;1H/t13-;/m1./s1. The SMILES string of the molecule is COc1cccc([C@@H](CF)N2CCNCC2)c1.Cl. The second-order valence-corrected chi connectivity index (χ2v) is 4.23. The van der Waals surface area contributed by atoms with Crippen molar-refractivity contribution >= 4 is 12.4 Å². The average molecular weight is 275 g/mol. The number of benzene rings is 1. The summed E-state index contributed by atoms with van der Waals surface area (Å²) < 4.78 is 18.4. The first kappa shape index (κ1) is 15.2. The molecule has 1 aromatic carbocycles. The van der Waals surface area contributed by atoms with Crippen molar-refractivity contribution in [2.45, 2.75) is 6.04 Å². The summed E-state index contributed by atoms with van der Waals surface area (Å²) in [7, 11) is 1.63. The van der Waals surface area contributed by atoms with Crippen LogP contribution in [0, 0.1) is 0 Å². The molecule has 1 N–H and O–H groups in total. The van der Waals surface area contributed by atoms with Gasteiger partial charge in [0.05, 0.1) is 13.2 Å². The van der Waals surface area contributed by atoms with Crippen molar-refractivity contribution in [1.29, 1.82) is 0 Å². The van der Waals surface area contributed by atoms with Crippen LogP contribution in [0.2, 0.25) is 0 Å². The maximum Gasteiger partial charge on any atom is 0.119 e. The van der Waals surface area contributed by atoms with Crippen LogP contribution >= 0.6 is 12.4 Å². The second-order valence-electron chi connectivity index (χ2n) is 4.23. The maximum atomic E-state index is 13.3. The van der Waals surface area contributed by atoms with Gasteiger partial charge >= 0.3 is 0 Å². The van der Waals surface area contributed by atoms with E-state index in [2.05, 4.69) is 10.2 Å². The van der Waals surface area contributed by atoms with Gasteiger partial charge in [-0.1, -0.05) is 12.1 Å². The lowest BCUT2D eigenvalue weighted by atomic mass is 10.1. The fourth-order valence-electron chi connectivity index (χ4n) is 2.24. The molecule has 5 heteroatoms. The first-order valence-corrected chi connectivity index (χ1v) is 6.00. The molecule has 18 heavy (non-hydrogen) atoms. The number of nitrogens with zero attached hydrogens (tertiary/aromatic N) is 1. The number of hydrogen-bond acceptors (Lipinski definition) is 3. The largest absolute Gasteiger partial charge is 0.497 e. The molecule has 1 saturated heterocycles. The van der Waals surface area contributed by atoms with Crippen molar-refractivity contribution in [3.63, 3.8) is 0 Å². The third-order valence-corrected chi connectivity index (χ3v) is 3.22. The van der Waals surface area contributed by atoms with Crippen molar-refractivity contribution in [3.05, 3.63) is 29.8 Å². The molecule has 0 unspecified atom stereocenters. The molecule has 3 nitrogen and oxygen atoms in total. The molecule has 1 aliphatic rings. The fourth-order valence-corrected chi connectivity index (χ4v) is 2.24. The molecule has 1 heterocycles. The molecule has 1 fully saturated rings. The van der Waals surface area contributed by atoms with E-state index in [1.54, 1.807) is 7.11 Å². The van der Waals surface area contributed by atoms with Gasteiger partial charge in [-0.05, 0) is 17.7 Å². The Bertz CT molecular complexity index is 359. The van der Waals surface area contributed by atoms with E-state index < -0.39 is 0 Å². The highest BCUT2D eigenvalue weighted by Crippen LogP contribution is 2.24. The van der Waals surface area contributed by atoms with Crippen LogP contribution in [0.1, 0.15) is 11.6 Å². The van der Waals surface area contributed by atoms with Gasteiger partial charge in [0, 0.05) is 26.2 Å². The van der Waals surface area contributed by atoms with Crippen molar-refractivity contribution in [2.24, 2.45) is 0 Å². The van der Waals surface area contributed by atoms with Gasteiger partial charge in [0.15, 0.2) is 0 Å². The zero-order valence-corrected chi connectivity index (χ0v) is 11.4. The summed E-state index contributed by atoms with van der Waals surface area (Å²) in [5.74, 6) is 0.788. The number of piperazine rings is 1. The van der Waals surface area contributed by atoms with E-state index in [9.17, 15) is 4.39 Å². The quantitative estimate of drug-likeness (QED) is 0.909. The number of nitrogens with one attached hydrogen (secondary N) is 1. The predicted octanol–water partition coefficient (Wildman–Crippen LogP) is 2.03. The molecule has 1 aliphatic heterocycles. The summed E-state index contributed by atoms with van der Waals surface area (Å²) in [5, 5.41) is 3.28. The van der Waals surface area contributed by atoms with E-state index in [0.29, 0.717) is 0 Å². The average Bonchev–Trinajstić information content (AvgIpc) is 2.41. The van der Waals surface area contributed by atoms with Gasteiger partial charge in [-0.3, -0.25) is 4.90 Å². The molecular formula is C13H20ClFN2O. The Hall–Kier alpha value is -0.840. The number of hydrogen-bond donors (Lipinski definition) is 1. The third-order valence-electron chi connectivity index (χ3n) is 3.22. The van der Waals surface area contributed by atoms with Crippen LogP contribution in [0.15, 0.2) is 24.3 Å². The summed E-state index contributed by atoms with van der Waals surface area (Å²) in [5.41, 5.74) is 0.994. The van der Waals surface area contributed by atoms with E-state index in [4.69, 9.17) is 4.74 Å². The molecule has 1 aromatic rings. The van der Waals surface area contributed by atoms with E-state index in [1.807, 2.05) is 24.3 Å². The molecule has 0 amide bonds. The van der Waals surface area contributed by atoms with Crippen LogP contribution in [-0.4, -0.2) is 44.9 Å². The minimum Gasteiger partial charge on any atom is -0.497 e. The number of alkyl halides is 1. The Labute approximate surface area is 114 Å². The van der Waals surface area contributed by atoms with Gasteiger partial charge in [-0.2, -0.15) is 0 Å². The first-order chi connectivity index (χ1) is 8.35. The van der Waals surface area contributed by atoms with Crippen molar-refractivity contribution < 1.29 is 9.13 Å². The second kappa shape index (κ2) is 7.56. The Kier molecular flexibility index (Phi) is 6.39. The van der Waals surface area contributed by atoms with Crippen LogP contribution in [0.4, 0.5) is 4.39 Å². The molecule has 102 valence electrons. The van der Waals surface area contributed by atoms with Crippen LogP contribution in [0.3, 0.4) is 0 Å². The first-order valence-electron chi connectivity index (χ1n) is 6.00. The summed E-state index contributed by atoms with van der Waals surface area (Å²) >= 11 is 0. The topological polar surface area (TPSA) is 24.5 Å². The highest BCUT2D eigenvalue weighted by molar-refractivity contribution is 5.85. The lowest BCUT2D eigenvalue weighted by molar-refractivity contribution is 0.147. The zero-order valence-electron chi connectivity index (χ0n) is 10.6. The van der Waals surface area contributed by atoms with Gasteiger partial charge in [0.25, 0.3) is 0 Å². The predicted molar refractivity (Wildman–Crippen MR) is 73.4 cm³/mol. The molecule has 0 bridgehead atoms. The van der Waals surface area contributed by atoms with Gasteiger partial charge in [-0.15, -0.1) is 12.4 Å². The minimum atomic E-state index is -0.354. The zero-order chi connectivity index (χ0) is 12.1. The third kappa shape index (κ3) is 3.57. The van der Waals surface area contributed by atoms with Crippen LogP contribution in [0.25, 0.3) is 0 Å². The van der Waals surface area contributed by atoms with Gasteiger partial charge in [0.2, 0.25) is 0 Å². The van der Waals surface area contributed by atoms with E-state index in [-0.39, 0.29) is 25.1 Å². The van der Waals surface area contributed by atoms with E-state index in [0.717, 1.165) is 37.5 Å². The fraction of sp³-hybridized carbons (Fsp3) is 0.538. The highest BCUT2D eigenvalue weighted by Gasteiger charge is 2.22. The van der Waals surface area contributed by atoms with Gasteiger partial charge in [-0.25, -0.2) is 4.39 Å². The van der Waals surface area contributed by atoms with Crippen LogP contribution < -0.4 is 10.1 Å². The van der Waals surface area contributed by atoms with Crippen LogP contribution in [-0.2, 0) is 0 Å². The monoisotopic (exact) mass is 274 g/mol. The molecule has 0 saturated carbocycles. The van der Waals surface area contributed by atoms with Crippen molar-refractivity contribution in [3.8, 4) is 5.75 Å². The Balaban J connectivity index is 0.00000162. The lowest BCUT2D eigenvalue weighted by Crippen LogP contribution is -2.45. The van der Waals surface area contributed by atoms with Gasteiger partial charge < -0.3 is 10.1 Å². The smallest absolute Gasteiger partial charge is 0.119 e. The summed E-state index contributed by atoms with van der Waals surface area (Å²) in [6, 6.07) is 7.55. The molecule has 1 atom stereocenters. The Morgan fingerprint density at radius 3 is 2.72 bits per heavy atom. The van der Waals surface area contributed by atoms with Crippen molar-refractivity contribution in [1.82, 2.24) is 10.2 Å². The lowest BCUT2D eigenvalue weighted by Gasteiger charge is -2.33. The van der Waals surface area contributed by atoms with Crippen LogP contribution in [0.5, 0.6) is 5.75 Å². The van der Waals surface area contributed by atoms with E-state index >= 15 is 0 Å². The molecule has 0 spiro atoms. The molecule has 0 aliphatic carbocycles. The number of rotatable bonds is 4. The summed E-state index contributed by atoms with van der Waals surface area (Å²) in [4.78, 5) is 2.19. The molecule has 0 aromatic heterocycles. The Morgan fingerprint density at radius 2 is 2.11 bits per heavy atom. The highest BCUT2D eigenvalue weighted by atomic mass is 35.5. The van der Waals surface area contributed by atoms with Gasteiger partial charge in [0.1, 0.15) is 12.4 Å². The molecule has 2 rings (SSSR count). The summed E-state index contributed by atoms with van der Waals surface area (Å²) in [6.45, 7) is 3.30. The molecule has 0 radical (unpaired) electrons. The maximum absolute atomic E-state index is 13.3. The summed E-state index contributed by atoms with van der Waals surface area (Å²) in [6.07, 6.45) is 0. The minimum absolute atomic E-state index is 0. The molecular weight excluding hydrogens is 255 g/mol. The number of ether oxygens (including phenoxy) is 1. The number of halogens is 2. The number of methoxy groups -OCH3 is 1. The van der Waals surface area contributed by atoms with Crippen molar-refractivity contribution in [2.75, 3.05) is 40.0 Å².